The lowest BCUT2D eigenvalue weighted by molar-refractivity contribution is -0.118. The van der Waals surface area contributed by atoms with E-state index in [1.165, 1.54) is 0 Å². The first-order valence-corrected chi connectivity index (χ1v) is 3.19. The second-order valence-electron chi connectivity index (χ2n) is 2.07. The number of terminal acetylenes is 1. The number of aliphatic hydroxyl groups excluding tert-OH is 1. The van der Waals surface area contributed by atoms with Gasteiger partial charge in [-0.25, -0.2) is 0 Å². The molecule has 0 aliphatic carbocycles. The Morgan fingerprint density at radius 3 is 2.50 bits per heavy atom. The van der Waals surface area contributed by atoms with Crippen LogP contribution in [-0.4, -0.2) is 30.7 Å². The predicted molar refractivity (Wildman–Crippen MR) is 35.2 cm³/mol. The highest BCUT2D eigenvalue weighted by molar-refractivity contribution is 5.03. The summed E-state index contributed by atoms with van der Waals surface area (Å²) in [4.78, 5) is 0. The van der Waals surface area contributed by atoms with Gasteiger partial charge in [0.15, 0.2) is 0 Å². The van der Waals surface area contributed by atoms with Gasteiger partial charge >= 0.3 is 0 Å². The Labute approximate surface area is 59.9 Å². The van der Waals surface area contributed by atoms with Crippen molar-refractivity contribution in [3.8, 4) is 12.3 Å². The van der Waals surface area contributed by atoms with E-state index < -0.39 is 5.79 Å². The van der Waals surface area contributed by atoms with E-state index in [0.29, 0.717) is 19.6 Å². The molecule has 0 amide bonds. The maximum absolute atomic E-state index is 8.57. The third-order valence-electron chi connectivity index (χ3n) is 1.41. The summed E-state index contributed by atoms with van der Waals surface area (Å²) in [7, 11) is 0. The zero-order chi connectivity index (χ0) is 7.45. The summed E-state index contributed by atoms with van der Waals surface area (Å²) in [6, 6.07) is 0. The lowest BCUT2D eigenvalue weighted by Gasteiger charge is -2.18. The quantitative estimate of drug-likeness (QED) is 0.540. The van der Waals surface area contributed by atoms with Crippen molar-refractivity contribution < 1.29 is 14.6 Å². The highest BCUT2D eigenvalue weighted by atomic mass is 16.7. The average Bonchev–Trinajstić information content (AvgIpc) is 2.39. The molecule has 0 radical (unpaired) electrons. The van der Waals surface area contributed by atoms with Crippen molar-refractivity contribution in [1.82, 2.24) is 0 Å². The van der Waals surface area contributed by atoms with Crippen LogP contribution in [0.1, 0.15) is 6.42 Å². The molecule has 0 aromatic carbocycles. The summed E-state index contributed by atoms with van der Waals surface area (Å²) < 4.78 is 10.2. The van der Waals surface area contributed by atoms with Gasteiger partial charge in [0.25, 0.3) is 0 Å². The van der Waals surface area contributed by atoms with Crippen LogP contribution in [0.4, 0.5) is 0 Å². The Morgan fingerprint density at radius 1 is 1.50 bits per heavy atom. The Balaban J connectivity index is 2.51. The maximum Gasteiger partial charge on any atom is 0.235 e. The van der Waals surface area contributed by atoms with Crippen molar-refractivity contribution in [3.63, 3.8) is 0 Å². The van der Waals surface area contributed by atoms with Gasteiger partial charge in [-0.15, -0.1) is 6.42 Å². The molecule has 0 unspecified atom stereocenters. The Kier molecular flexibility index (Phi) is 2.28. The lowest BCUT2D eigenvalue weighted by atomic mass is 10.2. The molecule has 10 heavy (non-hydrogen) atoms. The number of ether oxygens (including phenoxy) is 2. The molecule has 1 saturated heterocycles. The van der Waals surface area contributed by atoms with E-state index in [4.69, 9.17) is 21.0 Å². The van der Waals surface area contributed by atoms with Gasteiger partial charge in [0, 0.05) is 13.0 Å². The van der Waals surface area contributed by atoms with Crippen LogP contribution >= 0.6 is 0 Å². The van der Waals surface area contributed by atoms with Crippen LogP contribution in [0.3, 0.4) is 0 Å². The Hall–Kier alpha value is -0.560. The summed E-state index contributed by atoms with van der Waals surface area (Å²) in [6.07, 6.45) is 5.49. The molecule has 1 aliphatic heterocycles. The number of hydrogen-bond donors (Lipinski definition) is 1. The third kappa shape index (κ3) is 1.29. The maximum atomic E-state index is 8.57. The van der Waals surface area contributed by atoms with Gasteiger partial charge in [0.1, 0.15) is 0 Å². The zero-order valence-electron chi connectivity index (χ0n) is 5.67. The topological polar surface area (TPSA) is 38.7 Å². The van der Waals surface area contributed by atoms with Crippen LogP contribution in [0.25, 0.3) is 0 Å². The number of rotatable bonds is 2. The summed E-state index contributed by atoms with van der Waals surface area (Å²) in [5, 5.41) is 8.57. The third-order valence-corrected chi connectivity index (χ3v) is 1.41. The first kappa shape index (κ1) is 7.55. The highest BCUT2D eigenvalue weighted by Crippen LogP contribution is 2.21. The molecule has 0 bridgehead atoms. The minimum absolute atomic E-state index is 0.00972. The van der Waals surface area contributed by atoms with E-state index in [1.807, 2.05) is 0 Å². The van der Waals surface area contributed by atoms with Gasteiger partial charge in [-0.2, -0.15) is 0 Å². The number of aliphatic hydroxyl groups is 1. The predicted octanol–water partition coefficient (Wildman–Crippen LogP) is -0.255. The molecule has 1 rings (SSSR count). The Bertz CT molecular complexity index is 141. The van der Waals surface area contributed by atoms with Crippen LogP contribution in [0.2, 0.25) is 0 Å². The molecule has 1 aliphatic rings. The monoisotopic (exact) mass is 142 g/mol. The molecule has 56 valence electrons. The minimum Gasteiger partial charge on any atom is -0.396 e. The van der Waals surface area contributed by atoms with E-state index in [9.17, 15) is 0 Å². The van der Waals surface area contributed by atoms with Crippen molar-refractivity contribution in [3.05, 3.63) is 0 Å². The Morgan fingerprint density at radius 2 is 2.10 bits per heavy atom. The van der Waals surface area contributed by atoms with E-state index >= 15 is 0 Å². The van der Waals surface area contributed by atoms with Crippen molar-refractivity contribution >= 4 is 0 Å². The van der Waals surface area contributed by atoms with E-state index in [-0.39, 0.29) is 6.61 Å². The van der Waals surface area contributed by atoms with E-state index in [2.05, 4.69) is 5.92 Å². The fraction of sp³-hybridized carbons (Fsp3) is 0.714. The standard InChI is InChI=1S/C7H10O3/c1-2-7(3-4-8)9-5-6-10-7/h1,8H,3-6H2. The van der Waals surface area contributed by atoms with Gasteiger partial charge < -0.3 is 14.6 Å². The molecule has 0 atom stereocenters. The largest absolute Gasteiger partial charge is 0.396 e. The zero-order valence-corrected chi connectivity index (χ0v) is 5.67. The number of hydrogen-bond acceptors (Lipinski definition) is 3. The lowest BCUT2D eigenvalue weighted by Crippen LogP contribution is -2.28. The molecule has 0 spiro atoms. The molecule has 3 heteroatoms. The fourth-order valence-electron chi connectivity index (χ4n) is 0.902. The van der Waals surface area contributed by atoms with Crippen LogP contribution in [0.5, 0.6) is 0 Å². The molecule has 0 saturated carbocycles. The smallest absolute Gasteiger partial charge is 0.235 e. The van der Waals surface area contributed by atoms with Crippen molar-refractivity contribution in [2.45, 2.75) is 12.2 Å². The molecule has 1 N–H and O–H groups in total. The summed E-state index contributed by atoms with van der Waals surface area (Å²) >= 11 is 0. The van der Waals surface area contributed by atoms with E-state index in [1.54, 1.807) is 0 Å². The van der Waals surface area contributed by atoms with E-state index in [0.717, 1.165) is 0 Å². The second kappa shape index (κ2) is 3.02. The van der Waals surface area contributed by atoms with Gasteiger partial charge in [0.05, 0.1) is 13.2 Å². The van der Waals surface area contributed by atoms with Gasteiger partial charge in [-0.05, 0) is 5.92 Å². The minimum atomic E-state index is -0.936. The average molecular weight is 142 g/mol. The molecular weight excluding hydrogens is 132 g/mol. The summed E-state index contributed by atoms with van der Waals surface area (Å²) in [5.74, 6) is 1.44. The normalized spacial score (nSPS) is 22.4. The molecule has 3 nitrogen and oxygen atoms in total. The fourth-order valence-corrected chi connectivity index (χ4v) is 0.902. The van der Waals surface area contributed by atoms with Crippen LogP contribution in [0.15, 0.2) is 0 Å². The van der Waals surface area contributed by atoms with Crippen molar-refractivity contribution in [1.29, 1.82) is 0 Å². The first-order valence-electron chi connectivity index (χ1n) is 3.19. The SMILES string of the molecule is C#CC1(CCO)OCCO1. The van der Waals surface area contributed by atoms with Crippen LogP contribution < -0.4 is 0 Å². The van der Waals surface area contributed by atoms with Gasteiger partial charge in [-0.3, -0.25) is 0 Å². The molecule has 0 aromatic heterocycles. The highest BCUT2D eigenvalue weighted by Gasteiger charge is 2.33. The molecule has 1 heterocycles. The summed E-state index contributed by atoms with van der Waals surface area (Å²) in [5.41, 5.74) is 0. The van der Waals surface area contributed by atoms with Crippen LogP contribution in [0, 0.1) is 12.3 Å². The molecule has 1 fully saturated rings. The van der Waals surface area contributed by atoms with Crippen molar-refractivity contribution in [2.75, 3.05) is 19.8 Å². The first-order chi connectivity index (χ1) is 4.83. The van der Waals surface area contributed by atoms with Crippen molar-refractivity contribution in [2.24, 2.45) is 0 Å². The molecular formula is C7H10O3. The molecule has 0 aromatic rings. The summed E-state index contributed by atoms with van der Waals surface area (Å²) in [6.45, 7) is 1.03. The van der Waals surface area contributed by atoms with Gasteiger partial charge in [0.2, 0.25) is 5.79 Å². The van der Waals surface area contributed by atoms with Crippen LogP contribution in [-0.2, 0) is 9.47 Å². The van der Waals surface area contributed by atoms with Gasteiger partial charge in [-0.1, -0.05) is 0 Å². The second-order valence-corrected chi connectivity index (χ2v) is 2.07.